The Kier molecular flexibility index (Phi) is 8.12. The van der Waals surface area contributed by atoms with Crippen LogP contribution in [-0.2, 0) is 17.6 Å². The van der Waals surface area contributed by atoms with Crippen molar-refractivity contribution < 1.29 is 19.7 Å². The molecule has 0 spiro atoms. The summed E-state index contributed by atoms with van der Waals surface area (Å²) in [6.45, 7) is 0.637. The van der Waals surface area contributed by atoms with E-state index in [0.29, 0.717) is 24.6 Å². The van der Waals surface area contributed by atoms with Gasteiger partial charge in [-0.2, -0.15) is 0 Å². The molecule has 176 valence electrons. The number of allylic oxidation sites excluding steroid dienone is 4. The van der Waals surface area contributed by atoms with E-state index in [4.69, 9.17) is 4.74 Å². The first-order chi connectivity index (χ1) is 16.6. The molecule has 1 unspecified atom stereocenters. The van der Waals surface area contributed by atoms with E-state index in [1.165, 1.54) is 0 Å². The number of carbonyl (C=O) groups is 1. The maximum absolute atomic E-state index is 12.8. The molecule has 0 fully saturated rings. The van der Waals surface area contributed by atoms with Crippen molar-refractivity contribution in [3.63, 3.8) is 0 Å². The van der Waals surface area contributed by atoms with Crippen LogP contribution in [0.4, 0.5) is 0 Å². The van der Waals surface area contributed by atoms with E-state index in [2.05, 4.69) is 29.6 Å². The molecular formula is C29H31NO4. The monoisotopic (exact) mass is 457 g/mol. The topological polar surface area (TPSA) is 78.8 Å². The van der Waals surface area contributed by atoms with Gasteiger partial charge in [0.05, 0.1) is 6.42 Å². The van der Waals surface area contributed by atoms with Crippen molar-refractivity contribution in [2.45, 2.75) is 38.4 Å². The van der Waals surface area contributed by atoms with Crippen molar-refractivity contribution >= 4 is 16.7 Å². The van der Waals surface area contributed by atoms with Gasteiger partial charge in [-0.25, -0.2) is 0 Å². The molecule has 34 heavy (non-hydrogen) atoms. The first-order valence-corrected chi connectivity index (χ1v) is 11.8. The normalized spacial score (nSPS) is 15.1. The van der Waals surface area contributed by atoms with Gasteiger partial charge in [0, 0.05) is 18.4 Å². The van der Waals surface area contributed by atoms with E-state index in [-0.39, 0.29) is 18.7 Å². The molecule has 0 bridgehead atoms. The van der Waals surface area contributed by atoms with Crippen molar-refractivity contribution in [2.75, 3.05) is 6.54 Å². The van der Waals surface area contributed by atoms with Crippen molar-refractivity contribution in [1.82, 2.24) is 5.32 Å². The molecule has 1 aliphatic carbocycles. The second-order valence-electron chi connectivity index (χ2n) is 8.66. The van der Waals surface area contributed by atoms with E-state index in [1.807, 2.05) is 60.7 Å². The summed E-state index contributed by atoms with van der Waals surface area (Å²) in [4.78, 5) is 12.8. The number of ether oxygens (including phenoxy) is 1. The van der Waals surface area contributed by atoms with Crippen LogP contribution in [0.1, 0.15) is 30.4 Å². The summed E-state index contributed by atoms with van der Waals surface area (Å²) in [5.41, 5.74) is 1.84. The molecule has 3 N–H and O–H groups in total. The van der Waals surface area contributed by atoms with Gasteiger partial charge in [-0.15, -0.1) is 0 Å². The van der Waals surface area contributed by atoms with Crippen LogP contribution >= 0.6 is 0 Å². The lowest BCUT2D eigenvalue weighted by Crippen LogP contribution is -2.27. The fraction of sp³-hybridized carbons (Fsp3) is 0.276. The maximum Gasteiger partial charge on any atom is 0.224 e. The number of rotatable bonds is 10. The molecular weight excluding hydrogens is 426 g/mol. The van der Waals surface area contributed by atoms with Gasteiger partial charge < -0.3 is 20.3 Å². The summed E-state index contributed by atoms with van der Waals surface area (Å²) in [5.74, 6) is 1.88. The van der Waals surface area contributed by atoms with Crippen molar-refractivity contribution in [3.8, 4) is 11.5 Å². The van der Waals surface area contributed by atoms with Gasteiger partial charge in [0.1, 0.15) is 11.5 Å². The molecule has 0 radical (unpaired) electrons. The summed E-state index contributed by atoms with van der Waals surface area (Å²) < 4.78 is 6.15. The summed E-state index contributed by atoms with van der Waals surface area (Å²) in [5, 5.41) is 23.6. The number of aliphatic hydroxyl groups excluding tert-OH is 1. The number of amides is 1. The largest absolute Gasteiger partial charge is 0.457 e. The van der Waals surface area contributed by atoms with E-state index in [9.17, 15) is 15.0 Å². The first kappa shape index (κ1) is 23.7. The number of hydrogen-bond acceptors (Lipinski definition) is 4. The van der Waals surface area contributed by atoms with Crippen LogP contribution in [0, 0.1) is 5.92 Å². The predicted molar refractivity (Wildman–Crippen MR) is 135 cm³/mol. The third-order valence-corrected chi connectivity index (χ3v) is 6.02. The van der Waals surface area contributed by atoms with Crippen LogP contribution in [0.25, 0.3) is 10.8 Å². The Morgan fingerprint density at radius 2 is 1.88 bits per heavy atom. The van der Waals surface area contributed by atoms with Gasteiger partial charge in [-0.05, 0) is 66.0 Å². The zero-order valence-corrected chi connectivity index (χ0v) is 19.2. The average Bonchev–Trinajstić information content (AvgIpc) is 2.84. The molecule has 0 heterocycles. The Balaban J connectivity index is 1.55. The third-order valence-electron chi connectivity index (χ3n) is 6.02. The van der Waals surface area contributed by atoms with Gasteiger partial charge in [0.2, 0.25) is 5.91 Å². The van der Waals surface area contributed by atoms with E-state index in [0.717, 1.165) is 40.5 Å². The van der Waals surface area contributed by atoms with Crippen LogP contribution in [0.5, 0.6) is 11.5 Å². The second kappa shape index (κ2) is 11.6. The Labute approximate surface area is 200 Å². The van der Waals surface area contributed by atoms with E-state index < -0.39 is 6.29 Å². The Bertz CT molecular complexity index is 1170. The molecule has 5 heteroatoms. The third kappa shape index (κ3) is 6.56. The minimum atomic E-state index is -1.37. The van der Waals surface area contributed by atoms with Crippen LogP contribution in [0.3, 0.4) is 0 Å². The first-order valence-electron chi connectivity index (χ1n) is 11.8. The molecule has 3 aromatic carbocycles. The lowest BCUT2D eigenvalue weighted by Gasteiger charge is -2.16. The van der Waals surface area contributed by atoms with E-state index >= 15 is 0 Å². The summed E-state index contributed by atoms with van der Waals surface area (Å²) >= 11 is 0. The molecule has 1 aliphatic rings. The highest BCUT2D eigenvalue weighted by Crippen LogP contribution is 2.33. The maximum atomic E-state index is 12.8. The lowest BCUT2D eigenvalue weighted by molar-refractivity contribution is -0.120. The molecule has 0 saturated carbocycles. The van der Waals surface area contributed by atoms with Crippen LogP contribution < -0.4 is 10.1 Å². The van der Waals surface area contributed by atoms with Crippen LogP contribution in [0.2, 0.25) is 0 Å². The number of aryl methyl sites for hydroxylation is 1. The van der Waals surface area contributed by atoms with Crippen LogP contribution in [0.15, 0.2) is 85.0 Å². The number of fused-ring (bicyclic) bond motifs is 1. The zero-order chi connectivity index (χ0) is 23.8. The number of nitrogens with one attached hydrogen (secondary N) is 1. The minimum absolute atomic E-state index is 0.0228. The molecule has 0 saturated heterocycles. The highest BCUT2D eigenvalue weighted by molar-refractivity contribution is 5.94. The van der Waals surface area contributed by atoms with Gasteiger partial charge in [0.25, 0.3) is 0 Å². The van der Waals surface area contributed by atoms with Crippen molar-refractivity contribution in [1.29, 1.82) is 0 Å². The average molecular weight is 458 g/mol. The van der Waals surface area contributed by atoms with Gasteiger partial charge >= 0.3 is 0 Å². The molecule has 1 atom stereocenters. The molecule has 5 nitrogen and oxygen atoms in total. The second-order valence-corrected chi connectivity index (χ2v) is 8.66. The molecule has 0 aliphatic heterocycles. The quantitative estimate of drug-likeness (QED) is 0.372. The number of aliphatic hydroxyl groups is 2. The van der Waals surface area contributed by atoms with Gasteiger partial charge in [0.15, 0.2) is 6.29 Å². The fourth-order valence-electron chi connectivity index (χ4n) is 4.27. The Morgan fingerprint density at radius 1 is 1.03 bits per heavy atom. The highest BCUT2D eigenvalue weighted by Gasteiger charge is 2.14. The van der Waals surface area contributed by atoms with Gasteiger partial charge in [-0.3, -0.25) is 4.79 Å². The smallest absolute Gasteiger partial charge is 0.224 e. The number of hydrogen-bond donors (Lipinski definition) is 3. The Hall–Kier alpha value is -3.41. The van der Waals surface area contributed by atoms with E-state index in [1.54, 1.807) is 0 Å². The molecule has 0 aromatic heterocycles. The number of carbonyl (C=O) groups excluding carboxylic acids is 1. The number of benzene rings is 3. The Morgan fingerprint density at radius 3 is 2.65 bits per heavy atom. The number of para-hydroxylation sites is 1. The minimum Gasteiger partial charge on any atom is -0.457 e. The molecule has 1 amide bonds. The van der Waals surface area contributed by atoms with Crippen molar-refractivity contribution in [2.24, 2.45) is 5.92 Å². The zero-order valence-electron chi connectivity index (χ0n) is 19.2. The van der Waals surface area contributed by atoms with Crippen LogP contribution in [-0.4, -0.2) is 29.0 Å². The summed E-state index contributed by atoms with van der Waals surface area (Å²) in [7, 11) is 0. The van der Waals surface area contributed by atoms with Crippen molar-refractivity contribution in [3.05, 3.63) is 96.1 Å². The highest BCUT2D eigenvalue weighted by atomic mass is 16.5. The SMILES string of the molecule is O=C(Cc1cc(CCC(O)O)cc2c(Oc3ccccc3)cccc12)NCCC1C=CC=CC1. The standard InChI is InChI=1S/C29H31NO4/c31-28(30-17-16-21-8-3-1-4-9-21)20-23-18-22(14-15-29(32)33)19-26-25(23)12-7-13-27(26)34-24-10-5-2-6-11-24/h1-8,10-13,18-19,21,29,32-33H,9,14-17,20H2,(H,30,31). The molecule has 3 aromatic rings. The summed E-state index contributed by atoms with van der Waals surface area (Å²) in [6, 6.07) is 19.4. The summed E-state index contributed by atoms with van der Waals surface area (Å²) in [6.07, 6.45) is 9.98. The van der Waals surface area contributed by atoms with Gasteiger partial charge in [-0.1, -0.05) is 60.7 Å². The fourth-order valence-corrected chi connectivity index (χ4v) is 4.27. The lowest BCUT2D eigenvalue weighted by atomic mass is 9.95. The molecule has 4 rings (SSSR count). The predicted octanol–water partition coefficient (Wildman–Crippen LogP) is 5.06.